The number of anilines is 5. The highest BCUT2D eigenvalue weighted by Gasteiger charge is 2.37. The van der Waals surface area contributed by atoms with Crippen LogP contribution < -0.4 is 29.9 Å². The first-order valence-electron chi connectivity index (χ1n) is 14.3. The zero-order valence-corrected chi connectivity index (χ0v) is 27.3. The Morgan fingerprint density at radius 3 is 2.37 bits per heavy atom. The molecule has 11 nitrogen and oxygen atoms in total. The quantitative estimate of drug-likeness (QED) is 0.170. The number of ether oxygens (including phenoxy) is 2. The lowest BCUT2D eigenvalue weighted by Gasteiger charge is -2.37. The molecule has 0 spiro atoms. The summed E-state index contributed by atoms with van der Waals surface area (Å²) in [7, 11) is 6.78. The molecule has 0 aliphatic carbocycles. The van der Waals surface area contributed by atoms with E-state index >= 15 is 0 Å². The molecule has 2 N–H and O–H groups in total. The molecule has 238 valence electrons. The third-order valence-electron chi connectivity index (χ3n) is 7.01. The molecule has 4 aromatic rings. The van der Waals surface area contributed by atoms with Gasteiger partial charge in [0.15, 0.2) is 0 Å². The molecule has 1 aromatic heterocycles. The van der Waals surface area contributed by atoms with E-state index in [9.17, 15) is 9.59 Å². The zero-order valence-electron chi connectivity index (χ0n) is 25.8. The summed E-state index contributed by atoms with van der Waals surface area (Å²) in [5.41, 5.74) is 3.01. The smallest absolute Gasteiger partial charge is 0.330 e. The molecule has 46 heavy (non-hydrogen) atoms. The fraction of sp³-hybridized carbons (Fsp3) is 0.212. The van der Waals surface area contributed by atoms with Gasteiger partial charge in [0.1, 0.15) is 27.4 Å². The molecule has 0 saturated carbocycles. The highest BCUT2D eigenvalue weighted by Crippen LogP contribution is 2.48. The van der Waals surface area contributed by atoms with Gasteiger partial charge in [0.05, 0.1) is 33.0 Å². The van der Waals surface area contributed by atoms with Crippen LogP contribution in [0, 0.1) is 0 Å². The minimum absolute atomic E-state index is 0.0847. The lowest BCUT2D eigenvalue weighted by molar-refractivity contribution is -0.111. The number of nitrogens with one attached hydrogen (secondary N) is 2. The Kier molecular flexibility index (Phi) is 10.3. The van der Waals surface area contributed by atoms with E-state index in [2.05, 4.69) is 15.6 Å². The van der Waals surface area contributed by atoms with Crippen LogP contribution in [0.25, 0.3) is 0 Å². The number of aromatic nitrogens is 2. The van der Waals surface area contributed by atoms with Crippen LogP contribution in [-0.2, 0) is 17.9 Å². The molecular formula is C33H33Cl2N7O4. The summed E-state index contributed by atoms with van der Waals surface area (Å²) in [5.74, 6) is 1.07. The molecule has 0 atom stereocenters. The number of benzene rings is 3. The van der Waals surface area contributed by atoms with Crippen molar-refractivity contribution in [3.05, 3.63) is 100 Å². The number of para-hydroxylation sites is 1. The van der Waals surface area contributed by atoms with E-state index in [0.717, 1.165) is 11.3 Å². The molecule has 0 saturated heterocycles. The van der Waals surface area contributed by atoms with Gasteiger partial charge < -0.3 is 25.0 Å². The van der Waals surface area contributed by atoms with Gasteiger partial charge in [-0.2, -0.15) is 4.98 Å². The highest BCUT2D eigenvalue weighted by molar-refractivity contribution is 6.42. The summed E-state index contributed by atoms with van der Waals surface area (Å²) < 4.78 is 10.9. The van der Waals surface area contributed by atoms with Crippen LogP contribution >= 0.6 is 23.2 Å². The summed E-state index contributed by atoms with van der Waals surface area (Å²) >= 11 is 13.5. The molecule has 2 heterocycles. The van der Waals surface area contributed by atoms with Crippen molar-refractivity contribution in [2.75, 3.05) is 55.3 Å². The molecule has 13 heteroatoms. The normalized spacial score (nSPS) is 12.8. The minimum atomic E-state index is -0.433. The van der Waals surface area contributed by atoms with Crippen LogP contribution in [-0.4, -0.2) is 61.7 Å². The number of amides is 3. The third-order valence-corrected chi connectivity index (χ3v) is 7.74. The van der Waals surface area contributed by atoms with E-state index in [1.54, 1.807) is 24.4 Å². The second kappa shape index (κ2) is 14.5. The Morgan fingerprint density at radius 2 is 1.70 bits per heavy atom. The maximum atomic E-state index is 14.4. The number of rotatable bonds is 11. The van der Waals surface area contributed by atoms with Crippen molar-refractivity contribution in [1.82, 2.24) is 14.9 Å². The lowest BCUT2D eigenvalue weighted by atomic mass is 10.1. The first-order chi connectivity index (χ1) is 22.2. The van der Waals surface area contributed by atoms with Crippen LogP contribution in [0.5, 0.6) is 11.5 Å². The van der Waals surface area contributed by atoms with E-state index in [0.29, 0.717) is 41.1 Å². The van der Waals surface area contributed by atoms with Crippen molar-refractivity contribution in [2.45, 2.75) is 13.1 Å². The van der Waals surface area contributed by atoms with Gasteiger partial charge >= 0.3 is 6.03 Å². The van der Waals surface area contributed by atoms with Crippen LogP contribution in [0.15, 0.2) is 79.0 Å². The van der Waals surface area contributed by atoms with E-state index < -0.39 is 6.03 Å². The first kappa shape index (κ1) is 32.6. The third kappa shape index (κ3) is 7.34. The van der Waals surface area contributed by atoms with Gasteiger partial charge in [-0.25, -0.2) is 9.78 Å². The SMILES string of the molecule is COc1cc(OC)c(Cl)c(N2Cc3cnc(Nc4ccccc4)nc3N(Cc3cccc(NC(=O)/C=C/CN(C)C)c3)C2=O)c1Cl. The molecule has 3 amide bonds. The lowest BCUT2D eigenvalue weighted by Crippen LogP contribution is -2.48. The van der Waals surface area contributed by atoms with Gasteiger partial charge in [0.25, 0.3) is 0 Å². The Morgan fingerprint density at radius 1 is 1.00 bits per heavy atom. The number of hydrogen-bond acceptors (Lipinski definition) is 8. The number of hydrogen-bond donors (Lipinski definition) is 2. The number of urea groups is 1. The second-order valence-corrected chi connectivity index (χ2v) is 11.4. The van der Waals surface area contributed by atoms with Crippen LogP contribution in [0.1, 0.15) is 11.1 Å². The predicted molar refractivity (Wildman–Crippen MR) is 182 cm³/mol. The number of carbonyl (C=O) groups is 2. The number of nitrogens with zero attached hydrogens (tertiary/aromatic N) is 5. The van der Waals surface area contributed by atoms with Crippen molar-refractivity contribution >= 4 is 64.0 Å². The van der Waals surface area contributed by atoms with Gasteiger partial charge in [0, 0.05) is 41.8 Å². The number of likely N-dealkylation sites (N-methyl/N-ethyl adjacent to an activating group) is 1. The van der Waals surface area contributed by atoms with Gasteiger partial charge in [0.2, 0.25) is 11.9 Å². The Hall–Kier alpha value is -4.84. The Labute approximate surface area is 277 Å². The number of methoxy groups -OCH3 is 2. The van der Waals surface area contributed by atoms with Gasteiger partial charge in [-0.1, -0.05) is 59.6 Å². The summed E-state index contributed by atoms with van der Waals surface area (Å²) in [4.78, 5) is 41.1. The summed E-state index contributed by atoms with van der Waals surface area (Å²) in [6.07, 6.45) is 4.93. The summed E-state index contributed by atoms with van der Waals surface area (Å²) in [6, 6.07) is 17.9. The maximum absolute atomic E-state index is 14.4. The molecular weight excluding hydrogens is 629 g/mol. The molecule has 1 aliphatic rings. The second-order valence-electron chi connectivity index (χ2n) is 10.6. The van der Waals surface area contributed by atoms with Crippen molar-refractivity contribution in [1.29, 1.82) is 0 Å². The van der Waals surface area contributed by atoms with Gasteiger partial charge in [-0.15, -0.1) is 0 Å². The molecule has 3 aromatic carbocycles. The molecule has 0 unspecified atom stereocenters. The van der Waals surface area contributed by atoms with Crippen molar-refractivity contribution in [3.63, 3.8) is 0 Å². The van der Waals surface area contributed by atoms with Crippen LogP contribution in [0.3, 0.4) is 0 Å². The summed E-state index contributed by atoms with van der Waals surface area (Å²) in [5, 5.41) is 6.38. The topological polar surface area (TPSA) is 112 Å². The average Bonchev–Trinajstić information content (AvgIpc) is 3.04. The largest absolute Gasteiger partial charge is 0.495 e. The highest BCUT2D eigenvalue weighted by atomic mass is 35.5. The van der Waals surface area contributed by atoms with E-state index in [1.165, 1.54) is 30.1 Å². The minimum Gasteiger partial charge on any atom is -0.495 e. The van der Waals surface area contributed by atoms with Gasteiger partial charge in [-0.3, -0.25) is 14.6 Å². The predicted octanol–water partition coefficient (Wildman–Crippen LogP) is 6.75. The van der Waals surface area contributed by atoms with Crippen molar-refractivity contribution in [2.24, 2.45) is 0 Å². The van der Waals surface area contributed by atoms with Crippen LogP contribution in [0.2, 0.25) is 10.0 Å². The number of fused-ring (bicyclic) bond motifs is 1. The fourth-order valence-electron chi connectivity index (χ4n) is 4.84. The van der Waals surface area contributed by atoms with Crippen molar-refractivity contribution in [3.8, 4) is 11.5 Å². The Balaban J connectivity index is 1.53. The molecule has 1 aliphatic heterocycles. The first-order valence-corrected chi connectivity index (χ1v) is 15.0. The zero-order chi connectivity index (χ0) is 32.8. The van der Waals surface area contributed by atoms with E-state index in [1.807, 2.05) is 67.5 Å². The summed E-state index contributed by atoms with van der Waals surface area (Å²) in [6.45, 7) is 0.832. The average molecular weight is 663 g/mol. The molecule has 0 bridgehead atoms. The van der Waals surface area contributed by atoms with Gasteiger partial charge in [-0.05, 0) is 43.9 Å². The molecule has 5 rings (SSSR count). The monoisotopic (exact) mass is 661 g/mol. The van der Waals surface area contributed by atoms with Crippen molar-refractivity contribution < 1.29 is 19.1 Å². The standard InChI is InChI=1S/C33H33Cl2N7O4/c1-40(2)15-9-14-27(43)37-24-13-8-10-21(16-24)19-42-31-22(18-36-32(39-31)38-23-11-6-5-7-12-23)20-41(33(42)44)30-28(34)25(45-3)17-26(46-4)29(30)35/h5-14,16-18H,15,19-20H2,1-4H3,(H,37,43)(H,36,38,39)/b14-9+. The molecule has 0 fully saturated rings. The van der Waals surface area contributed by atoms with Crippen LogP contribution in [0.4, 0.5) is 33.6 Å². The number of carbonyl (C=O) groups excluding carboxylic acids is 2. The molecule has 0 radical (unpaired) electrons. The van der Waals surface area contributed by atoms with E-state index in [-0.39, 0.29) is 34.7 Å². The van der Waals surface area contributed by atoms with E-state index in [4.69, 9.17) is 37.7 Å². The Bertz CT molecular complexity index is 1740. The fourth-order valence-corrected chi connectivity index (χ4v) is 5.54. The maximum Gasteiger partial charge on any atom is 0.330 e. The number of halogens is 2.